The van der Waals surface area contributed by atoms with Gasteiger partial charge in [0.2, 0.25) is 0 Å². The third-order valence-corrected chi connectivity index (χ3v) is 13.7. The van der Waals surface area contributed by atoms with Crippen molar-refractivity contribution < 1.29 is 28.6 Å². The van der Waals surface area contributed by atoms with Crippen molar-refractivity contribution in [3.8, 4) is 0 Å². The van der Waals surface area contributed by atoms with Crippen LogP contribution in [0.15, 0.2) is 170 Å². The second-order valence-electron chi connectivity index (χ2n) is 21.6. The third kappa shape index (κ3) is 67.4. The summed E-state index contributed by atoms with van der Waals surface area (Å²) in [4.78, 5) is 38.4. The van der Waals surface area contributed by atoms with Crippen molar-refractivity contribution >= 4 is 17.9 Å². The van der Waals surface area contributed by atoms with Crippen LogP contribution in [0.1, 0.15) is 278 Å². The Bertz CT molecular complexity index is 1890. The van der Waals surface area contributed by atoms with E-state index in [0.717, 1.165) is 148 Å². The minimum Gasteiger partial charge on any atom is -0.462 e. The van der Waals surface area contributed by atoms with E-state index in [2.05, 4.69) is 191 Å². The van der Waals surface area contributed by atoms with Gasteiger partial charge in [-0.05, 0) is 154 Å². The maximum absolute atomic E-state index is 12.9. The molecule has 0 rings (SSSR count). The summed E-state index contributed by atoms with van der Waals surface area (Å²) in [5, 5.41) is 0. The number of esters is 3. The first-order valence-electron chi connectivity index (χ1n) is 33.6. The Kier molecular flexibility index (Phi) is 64.9. The van der Waals surface area contributed by atoms with E-state index in [1.165, 1.54) is 83.5 Å². The SMILES string of the molecule is CC/C=C\C/C=C\C/C=C\C/C=C\C/C=C\C/C=C\CCCCCCC(=O)OCC(COC(=O)CCCCCCCCCCC/C=C\C/C=C\CCCCCCC)OC(=O)CCCC/C=C\C/C=C\C/C=C\C/C=C\C/C=C\C/C=C\CC. The standard InChI is InChI=1S/C77H122O6/c1-4-7-10-13-16-19-22-25-28-31-34-37-38-41-43-46-49-52-55-58-61-64-67-70-76(79)82-73-74(83-77(80)71-68-65-62-59-56-53-50-47-44-40-36-33-30-27-24-21-18-15-12-9-6-3)72-81-75(78)69-66-63-60-57-54-51-48-45-42-39-35-32-29-26-23-20-17-14-11-8-5-2/h7,9-10,12,16,18-19,21,23,25-28,30,32,34-37,40-41,43,47,49-50,52,56,59,74H,4-6,8,11,13-15,17,20,22,24,29,31,33,38-39,42,44-46,48,51,53-55,57-58,60-73H2,1-3H3/b10-7-,12-9-,19-16-,21-18-,26-23-,28-25-,30-27-,35-32-,37-34-,40-36-,43-41-,50-47-,52-49-,59-56-. The average Bonchev–Trinajstić information content (AvgIpc) is 3.49. The molecule has 0 aliphatic heterocycles. The van der Waals surface area contributed by atoms with Crippen LogP contribution in [0.5, 0.6) is 0 Å². The minimum atomic E-state index is -0.826. The number of hydrogen-bond donors (Lipinski definition) is 0. The van der Waals surface area contributed by atoms with Gasteiger partial charge in [-0.1, -0.05) is 274 Å². The van der Waals surface area contributed by atoms with Crippen LogP contribution in [0.3, 0.4) is 0 Å². The molecule has 6 heteroatoms. The van der Waals surface area contributed by atoms with Crippen molar-refractivity contribution in [2.45, 2.75) is 284 Å². The molecule has 6 nitrogen and oxygen atoms in total. The number of carbonyl (C=O) groups excluding carboxylic acids is 3. The van der Waals surface area contributed by atoms with E-state index >= 15 is 0 Å². The predicted octanol–water partition coefficient (Wildman–Crippen LogP) is 23.4. The molecule has 0 amide bonds. The number of allylic oxidation sites excluding steroid dienone is 28. The highest BCUT2D eigenvalue weighted by atomic mass is 16.6. The summed E-state index contributed by atoms with van der Waals surface area (Å²) in [6, 6.07) is 0. The lowest BCUT2D eigenvalue weighted by atomic mass is 10.1. The molecule has 0 aromatic carbocycles. The Balaban J connectivity index is 4.56. The lowest BCUT2D eigenvalue weighted by Gasteiger charge is -2.18. The average molecular weight is 1140 g/mol. The van der Waals surface area contributed by atoms with Crippen LogP contribution in [0.4, 0.5) is 0 Å². The Morgan fingerprint density at radius 1 is 0.253 bits per heavy atom. The summed E-state index contributed by atoms with van der Waals surface area (Å²) >= 11 is 0. The minimum absolute atomic E-state index is 0.114. The van der Waals surface area contributed by atoms with Crippen LogP contribution >= 0.6 is 0 Å². The summed E-state index contributed by atoms with van der Waals surface area (Å²) in [7, 11) is 0. The van der Waals surface area contributed by atoms with E-state index in [9.17, 15) is 14.4 Å². The zero-order valence-corrected chi connectivity index (χ0v) is 53.4. The van der Waals surface area contributed by atoms with Gasteiger partial charge >= 0.3 is 17.9 Å². The van der Waals surface area contributed by atoms with Crippen LogP contribution in [0, 0.1) is 0 Å². The number of unbranched alkanes of at least 4 members (excludes halogenated alkanes) is 20. The quantitative estimate of drug-likeness (QED) is 0.0261. The molecule has 0 fully saturated rings. The van der Waals surface area contributed by atoms with E-state index in [-0.39, 0.29) is 37.5 Å². The zero-order valence-electron chi connectivity index (χ0n) is 53.4. The molecular weight excluding hydrogens is 1020 g/mol. The number of carbonyl (C=O) groups is 3. The van der Waals surface area contributed by atoms with Crippen molar-refractivity contribution in [3.63, 3.8) is 0 Å². The van der Waals surface area contributed by atoms with Gasteiger partial charge in [0.1, 0.15) is 13.2 Å². The molecule has 83 heavy (non-hydrogen) atoms. The maximum atomic E-state index is 12.9. The Labute approximate surface area is 511 Å². The van der Waals surface area contributed by atoms with E-state index in [0.29, 0.717) is 19.3 Å². The summed E-state index contributed by atoms with van der Waals surface area (Å²) in [6.07, 6.45) is 102. The number of rotatable bonds is 59. The van der Waals surface area contributed by atoms with Crippen LogP contribution in [0.2, 0.25) is 0 Å². The van der Waals surface area contributed by atoms with Gasteiger partial charge in [0.15, 0.2) is 6.10 Å². The fourth-order valence-corrected chi connectivity index (χ4v) is 8.71. The second-order valence-corrected chi connectivity index (χ2v) is 21.6. The molecule has 0 radical (unpaired) electrons. The summed E-state index contributed by atoms with van der Waals surface area (Å²) < 4.78 is 16.9. The molecule has 0 saturated heterocycles. The molecule has 0 saturated carbocycles. The molecule has 1 atom stereocenters. The molecule has 0 spiro atoms. The van der Waals surface area contributed by atoms with Gasteiger partial charge in [-0.25, -0.2) is 0 Å². The molecule has 0 aromatic rings. The van der Waals surface area contributed by atoms with Crippen molar-refractivity contribution in [2.75, 3.05) is 13.2 Å². The monoisotopic (exact) mass is 1140 g/mol. The zero-order chi connectivity index (χ0) is 59.9. The molecular formula is C77H122O6. The highest BCUT2D eigenvalue weighted by Gasteiger charge is 2.19. The van der Waals surface area contributed by atoms with Gasteiger partial charge in [-0.15, -0.1) is 0 Å². The van der Waals surface area contributed by atoms with Crippen molar-refractivity contribution in [1.29, 1.82) is 0 Å². The summed E-state index contributed by atoms with van der Waals surface area (Å²) in [5.41, 5.74) is 0. The van der Waals surface area contributed by atoms with E-state index < -0.39 is 6.10 Å². The van der Waals surface area contributed by atoms with Gasteiger partial charge in [-0.2, -0.15) is 0 Å². The smallest absolute Gasteiger partial charge is 0.306 e. The van der Waals surface area contributed by atoms with E-state index in [1.807, 2.05) is 0 Å². The predicted molar refractivity (Wildman–Crippen MR) is 361 cm³/mol. The molecule has 0 aliphatic rings. The maximum Gasteiger partial charge on any atom is 0.306 e. The van der Waals surface area contributed by atoms with Gasteiger partial charge in [0.25, 0.3) is 0 Å². The largest absolute Gasteiger partial charge is 0.462 e. The van der Waals surface area contributed by atoms with E-state index in [1.54, 1.807) is 0 Å². The fourth-order valence-electron chi connectivity index (χ4n) is 8.71. The van der Waals surface area contributed by atoms with Crippen LogP contribution in [-0.2, 0) is 28.6 Å². The first kappa shape index (κ1) is 77.8. The molecule has 466 valence electrons. The van der Waals surface area contributed by atoms with Crippen LogP contribution in [-0.4, -0.2) is 37.2 Å². The molecule has 0 aliphatic carbocycles. The normalized spacial score (nSPS) is 13.2. The first-order valence-corrected chi connectivity index (χ1v) is 33.6. The lowest BCUT2D eigenvalue weighted by molar-refractivity contribution is -0.167. The van der Waals surface area contributed by atoms with Gasteiger partial charge in [0, 0.05) is 19.3 Å². The Morgan fingerprint density at radius 2 is 0.470 bits per heavy atom. The third-order valence-electron chi connectivity index (χ3n) is 13.7. The highest BCUT2D eigenvalue weighted by molar-refractivity contribution is 5.71. The second kappa shape index (κ2) is 69.3. The fraction of sp³-hybridized carbons (Fsp3) is 0.597. The van der Waals surface area contributed by atoms with Crippen molar-refractivity contribution in [2.24, 2.45) is 0 Å². The van der Waals surface area contributed by atoms with Crippen LogP contribution in [0.25, 0.3) is 0 Å². The molecule has 0 N–H and O–H groups in total. The number of ether oxygens (including phenoxy) is 3. The van der Waals surface area contributed by atoms with Gasteiger partial charge in [0.05, 0.1) is 0 Å². The summed E-state index contributed by atoms with van der Waals surface area (Å²) in [6.45, 7) is 6.35. The highest BCUT2D eigenvalue weighted by Crippen LogP contribution is 2.14. The van der Waals surface area contributed by atoms with Crippen molar-refractivity contribution in [1.82, 2.24) is 0 Å². The Morgan fingerprint density at radius 3 is 0.759 bits per heavy atom. The summed E-state index contributed by atoms with van der Waals surface area (Å²) in [5.74, 6) is -0.989. The van der Waals surface area contributed by atoms with E-state index in [4.69, 9.17) is 14.2 Å². The van der Waals surface area contributed by atoms with Gasteiger partial charge in [-0.3, -0.25) is 14.4 Å². The van der Waals surface area contributed by atoms with Crippen LogP contribution < -0.4 is 0 Å². The Hall–Kier alpha value is -5.23. The van der Waals surface area contributed by atoms with Crippen molar-refractivity contribution in [3.05, 3.63) is 170 Å². The number of hydrogen-bond acceptors (Lipinski definition) is 6. The topological polar surface area (TPSA) is 78.9 Å². The molecule has 1 unspecified atom stereocenters. The molecule has 0 aromatic heterocycles. The first-order chi connectivity index (χ1) is 41.0. The molecule has 0 heterocycles. The van der Waals surface area contributed by atoms with Gasteiger partial charge < -0.3 is 14.2 Å². The lowest BCUT2D eigenvalue weighted by Crippen LogP contribution is -2.30. The molecule has 0 bridgehead atoms.